The molecule has 0 aliphatic rings. The quantitative estimate of drug-likeness (QED) is 0.744. The summed E-state index contributed by atoms with van der Waals surface area (Å²) in [5, 5.41) is 4.60. The van der Waals surface area contributed by atoms with Gasteiger partial charge in [-0.05, 0) is 55.7 Å². The van der Waals surface area contributed by atoms with Gasteiger partial charge in [0.25, 0.3) is 0 Å². The van der Waals surface area contributed by atoms with Crippen LogP contribution < -0.4 is 5.32 Å². The molecule has 102 valence electrons. The molecule has 3 heteroatoms. The Labute approximate surface area is 123 Å². The predicted molar refractivity (Wildman–Crippen MR) is 87.6 cm³/mol. The summed E-state index contributed by atoms with van der Waals surface area (Å²) in [5.74, 6) is 0. The molecule has 0 saturated carbocycles. The van der Waals surface area contributed by atoms with Crippen LogP contribution in [0, 0.1) is 20.8 Å². The van der Waals surface area contributed by atoms with Gasteiger partial charge in [0, 0.05) is 12.2 Å². The maximum atomic E-state index is 4.48. The van der Waals surface area contributed by atoms with E-state index in [1.54, 1.807) is 11.3 Å². The molecule has 0 amide bonds. The van der Waals surface area contributed by atoms with Gasteiger partial charge in [0.1, 0.15) is 0 Å². The van der Waals surface area contributed by atoms with Gasteiger partial charge < -0.3 is 5.32 Å². The van der Waals surface area contributed by atoms with E-state index in [4.69, 9.17) is 0 Å². The molecule has 0 saturated heterocycles. The fourth-order valence-electron chi connectivity index (χ4n) is 2.27. The molecule has 0 fully saturated rings. The van der Waals surface area contributed by atoms with Crippen molar-refractivity contribution in [2.45, 2.75) is 27.3 Å². The normalized spacial score (nSPS) is 10.9. The molecule has 2 aromatic carbocycles. The van der Waals surface area contributed by atoms with Gasteiger partial charge in [-0.1, -0.05) is 18.2 Å². The van der Waals surface area contributed by atoms with Crippen LogP contribution in [-0.2, 0) is 6.54 Å². The summed E-state index contributed by atoms with van der Waals surface area (Å²) < 4.78 is 1.24. The molecule has 1 aromatic heterocycles. The number of aryl methyl sites for hydroxylation is 3. The minimum atomic E-state index is 0.852. The maximum Gasteiger partial charge on any atom is 0.0907 e. The Bertz CT molecular complexity index is 759. The Hall–Kier alpha value is -1.87. The summed E-state index contributed by atoms with van der Waals surface area (Å²) in [6.07, 6.45) is 0. The summed E-state index contributed by atoms with van der Waals surface area (Å²) >= 11 is 1.74. The number of aromatic nitrogens is 1. The van der Waals surface area contributed by atoms with E-state index >= 15 is 0 Å². The van der Waals surface area contributed by atoms with Crippen LogP contribution in [-0.4, -0.2) is 4.98 Å². The molecular formula is C17H18N2S. The molecule has 0 bridgehead atoms. The molecule has 3 aromatic rings. The number of thiazole rings is 1. The molecule has 1 N–H and O–H groups in total. The third kappa shape index (κ3) is 2.68. The van der Waals surface area contributed by atoms with Gasteiger partial charge in [-0.15, -0.1) is 11.3 Å². The maximum absolute atomic E-state index is 4.48. The molecular weight excluding hydrogens is 264 g/mol. The SMILES string of the molecule is Cc1nc2ccc(NCc3ccc(C)c(C)c3)cc2s1. The van der Waals surface area contributed by atoms with Crippen molar-refractivity contribution in [2.75, 3.05) is 5.32 Å². The van der Waals surface area contributed by atoms with E-state index in [1.807, 2.05) is 6.92 Å². The Balaban J connectivity index is 1.77. The molecule has 0 radical (unpaired) electrons. The van der Waals surface area contributed by atoms with E-state index in [0.717, 1.165) is 22.8 Å². The highest BCUT2D eigenvalue weighted by molar-refractivity contribution is 7.18. The second-order valence-corrected chi connectivity index (χ2v) is 6.42. The molecule has 0 aliphatic heterocycles. The van der Waals surface area contributed by atoms with Crippen molar-refractivity contribution in [1.82, 2.24) is 4.98 Å². The molecule has 0 atom stereocenters. The largest absolute Gasteiger partial charge is 0.381 e. The van der Waals surface area contributed by atoms with Crippen LogP contribution in [0.2, 0.25) is 0 Å². The van der Waals surface area contributed by atoms with Crippen molar-refractivity contribution >= 4 is 27.2 Å². The number of benzene rings is 2. The van der Waals surface area contributed by atoms with Crippen molar-refractivity contribution in [3.8, 4) is 0 Å². The van der Waals surface area contributed by atoms with E-state index in [-0.39, 0.29) is 0 Å². The standard InChI is InChI=1S/C17H18N2S/c1-11-4-5-14(8-12(11)2)10-18-15-6-7-16-17(9-15)20-13(3)19-16/h4-9,18H,10H2,1-3H3. The smallest absolute Gasteiger partial charge is 0.0907 e. The fourth-order valence-corrected chi connectivity index (χ4v) is 3.13. The number of anilines is 1. The van der Waals surface area contributed by atoms with Crippen molar-refractivity contribution in [3.63, 3.8) is 0 Å². The van der Waals surface area contributed by atoms with Crippen LogP contribution in [0.1, 0.15) is 21.7 Å². The lowest BCUT2D eigenvalue weighted by Crippen LogP contribution is -1.99. The average molecular weight is 282 g/mol. The number of fused-ring (bicyclic) bond motifs is 1. The topological polar surface area (TPSA) is 24.9 Å². The van der Waals surface area contributed by atoms with Crippen molar-refractivity contribution in [1.29, 1.82) is 0 Å². The van der Waals surface area contributed by atoms with E-state index < -0.39 is 0 Å². The predicted octanol–water partition coefficient (Wildman–Crippen LogP) is 4.83. The molecule has 3 rings (SSSR count). The minimum absolute atomic E-state index is 0.852. The molecule has 1 heterocycles. The van der Waals surface area contributed by atoms with Gasteiger partial charge >= 0.3 is 0 Å². The zero-order valence-corrected chi connectivity index (χ0v) is 12.8. The van der Waals surface area contributed by atoms with Crippen molar-refractivity contribution in [3.05, 3.63) is 58.1 Å². The van der Waals surface area contributed by atoms with Crippen LogP contribution in [0.5, 0.6) is 0 Å². The first-order valence-electron chi connectivity index (χ1n) is 6.79. The summed E-state index contributed by atoms with van der Waals surface area (Å²) in [5.41, 5.74) is 6.24. The molecule has 0 spiro atoms. The van der Waals surface area contributed by atoms with Gasteiger partial charge in [0.2, 0.25) is 0 Å². The number of nitrogens with zero attached hydrogens (tertiary/aromatic N) is 1. The lowest BCUT2D eigenvalue weighted by atomic mass is 10.1. The Morgan fingerprint density at radius 3 is 2.65 bits per heavy atom. The molecule has 20 heavy (non-hydrogen) atoms. The summed E-state index contributed by atoms with van der Waals surface area (Å²) in [4.78, 5) is 4.48. The van der Waals surface area contributed by atoms with Gasteiger partial charge in [0.15, 0.2) is 0 Å². The van der Waals surface area contributed by atoms with Gasteiger partial charge in [-0.2, -0.15) is 0 Å². The van der Waals surface area contributed by atoms with Crippen molar-refractivity contribution in [2.24, 2.45) is 0 Å². The first-order chi connectivity index (χ1) is 9.61. The highest BCUT2D eigenvalue weighted by atomic mass is 32.1. The van der Waals surface area contributed by atoms with E-state index in [9.17, 15) is 0 Å². The summed E-state index contributed by atoms with van der Waals surface area (Å²) in [6.45, 7) is 7.20. The second kappa shape index (κ2) is 5.25. The summed E-state index contributed by atoms with van der Waals surface area (Å²) in [6, 6.07) is 13.0. The Morgan fingerprint density at radius 1 is 1.00 bits per heavy atom. The number of hydrogen-bond donors (Lipinski definition) is 1. The average Bonchev–Trinajstić information content (AvgIpc) is 2.79. The van der Waals surface area contributed by atoms with Gasteiger partial charge in [-0.3, -0.25) is 0 Å². The third-order valence-corrected chi connectivity index (χ3v) is 4.50. The number of hydrogen-bond acceptors (Lipinski definition) is 3. The van der Waals surface area contributed by atoms with Gasteiger partial charge in [0.05, 0.1) is 15.2 Å². The zero-order chi connectivity index (χ0) is 14.1. The molecule has 0 unspecified atom stereocenters. The Morgan fingerprint density at radius 2 is 1.85 bits per heavy atom. The minimum Gasteiger partial charge on any atom is -0.381 e. The second-order valence-electron chi connectivity index (χ2n) is 5.19. The lowest BCUT2D eigenvalue weighted by molar-refractivity contribution is 1.13. The summed E-state index contributed by atoms with van der Waals surface area (Å²) in [7, 11) is 0. The van der Waals surface area contributed by atoms with E-state index in [2.05, 4.69) is 60.5 Å². The first kappa shape index (κ1) is 13.1. The Kier molecular flexibility index (Phi) is 3.45. The van der Waals surface area contributed by atoms with Crippen LogP contribution in [0.15, 0.2) is 36.4 Å². The zero-order valence-electron chi connectivity index (χ0n) is 12.0. The van der Waals surface area contributed by atoms with Gasteiger partial charge in [-0.25, -0.2) is 4.98 Å². The van der Waals surface area contributed by atoms with Crippen LogP contribution in [0.25, 0.3) is 10.2 Å². The monoisotopic (exact) mass is 282 g/mol. The first-order valence-corrected chi connectivity index (χ1v) is 7.61. The van der Waals surface area contributed by atoms with E-state index in [1.165, 1.54) is 21.4 Å². The highest BCUT2D eigenvalue weighted by Crippen LogP contribution is 2.25. The van der Waals surface area contributed by atoms with Crippen LogP contribution >= 0.6 is 11.3 Å². The van der Waals surface area contributed by atoms with Crippen molar-refractivity contribution < 1.29 is 0 Å². The molecule has 2 nitrogen and oxygen atoms in total. The number of rotatable bonds is 3. The van der Waals surface area contributed by atoms with Crippen LogP contribution in [0.3, 0.4) is 0 Å². The third-order valence-electron chi connectivity index (χ3n) is 3.56. The fraction of sp³-hybridized carbons (Fsp3) is 0.235. The number of nitrogens with one attached hydrogen (secondary N) is 1. The van der Waals surface area contributed by atoms with E-state index in [0.29, 0.717) is 0 Å². The van der Waals surface area contributed by atoms with Crippen LogP contribution in [0.4, 0.5) is 5.69 Å². The highest BCUT2D eigenvalue weighted by Gasteiger charge is 2.02. The lowest BCUT2D eigenvalue weighted by Gasteiger charge is -2.08. The molecule has 0 aliphatic carbocycles.